The molecule has 0 unspecified atom stereocenters. The van der Waals surface area contributed by atoms with Gasteiger partial charge in [-0.1, -0.05) is 19.3 Å². The van der Waals surface area contributed by atoms with Gasteiger partial charge in [-0.25, -0.2) is 14.0 Å². The molecule has 2 aliphatic rings. The largest absolute Gasteiger partial charge is 0.482 e. The molecule has 0 atom stereocenters. The van der Waals surface area contributed by atoms with E-state index in [9.17, 15) is 23.6 Å². The Morgan fingerprint density at radius 3 is 2.46 bits per heavy atom. The highest BCUT2D eigenvalue weighted by Gasteiger charge is 2.52. The Balaban J connectivity index is 1.43. The molecule has 1 aromatic carbocycles. The number of halogens is 1. The van der Waals surface area contributed by atoms with Crippen LogP contribution < -0.4 is 15.5 Å². The van der Waals surface area contributed by atoms with E-state index in [1.54, 1.807) is 0 Å². The number of esters is 1. The van der Waals surface area contributed by atoms with Crippen molar-refractivity contribution in [2.24, 2.45) is 0 Å². The lowest BCUT2D eigenvalue weighted by molar-refractivity contribution is -0.152. The van der Waals surface area contributed by atoms with Crippen molar-refractivity contribution in [2.75, 3.05) is 13.2 Å². The summed E-state index contributed by atoms with van der Waals surface area (Å²) in [6.45, 7) is -1.17. The zero-order valence-corrected chi connectivity index (χ0v) is 15.0. The van der Waals surface area contributed by atoms with Crippen LogP contribution in [0, 0.1) is 5.82 Å². The zero-order chi connectivity index (χ0) is 20.1. The number of benzene rings is 1. The molecule has 28 heavy (non-hydrogen) atoms. The molecule has 10 heteroatoms. The number of nitrogens with one attached hydrogen (secondary N) is 2. The van der Waals surface area contributed by atoms with Crippen LogP contribution in [0.5, 0.6) is 5.75 Å². The van der Waals surface area contributed by atoms with Gasteiger partial charge in [-0.2, -0.15) is 5.01 Å². The number of nitrogens with zero attached hydrogens (tertiary/aromatic N) is 1. The molecule has 4 amide bonds. The van der Waals surface area contributed by atoms with Crippen LogP contribution in [0.15, 0.2) is 24.3 Å². The Labute approximate surface area is 160 Å². The van der Waals surface area contributed by atoms with E-state index in [0.717, 1.165) is 19.3 Å². The number of imide groups is 1. The number of hydrazine groups is 1. The lowest BCUT2D eigenvalue weighted by Gasteiger charge is -2.30. The molecule has 1 heterocycles. The molecule has 0 radical (unpaired) electrons. The Morgan fingerprint density at radius 2 is 1.79 bits per heavy atom. The molecular weight excluding hydrogens is 373 g/mol. The average molecular weight is 393 g/mol. The lowest BCUT2D eigenvalue weighted by Crippen LogP contribution is -2.51. The highest BCUT2D eigenvalue weighted by molar-refractivity contribution is 6.08. The van der Waals surface area contributed by atoms with Crippen molar-refractivity contribution in [3.63, 3.8) is 0 Å². The van der Waals surface area contributed by atoms with E-state index >= 15 is 0 Å². The summed E-state index contributed by atoms with van der Waals surface area (Å²) in [5.74, 6) is -2.34. The fourth-order valence-electron chi connectivity index (χ4n) is 3.23. The molecule has 150 valence electrons. The molecule has 0 aromatic heterocycles. The van der Waals surface area contributed by atoms with Gasteiger partial charge in [-0.3, -0.25) is 15.0 Å². The SMILES string of the molecule is O=C(COC(=O)COc1ccc(F)cc1)NN1C(=O)NC2(CCCCC2)C1=O. The van der Waals surface area contributed by atoms with Gasteiger partial charge in [0.05, 0.1) is 0 Å². The van der Waals surface area contributed by atoms with E-state index in [2.05, 4.69) is 10.7 Å². The first kappa shape index (κ1) is 19.6. The van der Waals surface area contributed by atoms with Crippen LogP contribution >= 0.6 is 0 Å². The van der Waals surface area contributed by atoms with Crippen LogP contribution in [0.25, 0.3) is 0 Å². The minimum absolute atomic E-state index is 0.264. The minimum atomic E-state index is -0.956. The van der Waals surface area contributed by atoms with Gasteiger partial charge in [0.2, 0.25) is 0 Å². The topological polar surface area (TPSA) is 114 Å². The third kappa shape index (κ3) is 4.38. The second-order valence-corrected chi connectivity index (χ2v) is 6.65. The number of ether oxygens (including phenoxy) is 2. The summed E-state index contributed by atoms with van der Waals surface area (Å²) in [7, 11) is 0. The average Bonchev–Trinajstić information content (AvgIpc) is 2.90. The molecule has 3 rings (SSSR count). The smallest absolute Gasteiger partial charge is 0.344 e. The van der Waals surface area contributed by atoms with Crippen LogP contribution in [0.1, 0.15) is 32.1 Å². The van der Waals surface area contributed by atoms with E-state index < -0.39 is 48.4 Å². The maximum absolute atomic E-state index is 12.8. The molecule has 1 aliphatic carbocycles. The normalized spacial score (nSPS) is 18.0. The highest BCUT2D eigenvalue weighted by Crippen LogP contribution is 2.32. The van der Waals surface area contributed by atoms with Crippen molar-refractivity contribution in [2.45, 2.75) is 37.6 Å². The van der Waals surface area contributed by atoms with Crippen molar-refractivity contribution >= 4 is 23.8 Å². The highest BCUT2D eigenvalue weighted by atomic mass is 19.1. The summed E-state index contributed by atoms with van der Waals surface area (Å²) in [5, 5.41) is 3.29. The summed E-state index contributed by atoms with van der Waals surface area (Å²) < 4.78 is 22.6. The quantitative estimate of drug-likeness (QED) is 0.551. The minimum Gasteiger partial charge on any atom is -0.482 e. The second kappa shape index (κ2) is 8.24. The number of amides is 4. The van der Waals surface area contributed by atoms with E-state index in [-0.39, 0.29) is 5.75 Å². The molecule has 9 nitrogen and oxygen atoms in total. The molecule has 0 bridgehead atoms. The molecule has 1 saturated heterocycles. The zero-order valence-electron chi connectivity index (χ0n) is 15.0. The fourth-order valence-corrected chi connectivity index (χ4v) is 3.23. The standard InChI is InChI=1S/C18H20FN3O6/c19-12-4-6-13(7-5-12)27-11-15(24)28-10-14(23)21-22-16(25)18(20-17(22)26)8-2-1-3-9-18/h4-7H,1-3,8-11H2,(H,20,26)(H,21,23). The Kier molecular flexibility index (Phi) is 5.76. The number of rotatable bonds is 6. The second-order valence-electron chi connectivity index (χ2n) is 6.65. The first-order valence-corrected chi connectivity index (χ1v) is 8.90. The summed E-state index contributed by atoms with van der Waals surface area (Å²) in [6.07, 6.45) is 3.69. The first-order valence-electron chi connectivity index (χ1n) is 8.90. The third-order valence-electron chi connectivity index (χ3n) is 4.64. The first-order chi connectivity index (χ1) is 13.4. The maximum Gasteiger partial charge on any atom is 0.344 e. The fraction of sp³-hybridized carbons (Fsp3) is 0.444. The predicted molar refractivity (Wildman–Crippen MR) is 92.2 cm³/mol. The van der Waals surface area contributed by atoms with Gasteiger partial charge in [0.25, 0.3) is 11.8 Å². The van der Waals surface area contributed by atoms with Gasteiger partial charge in [0.1, 0.15) is 17.1 Å². The number of hydrogen-bond acceptors (Lipinski definition) is 6. The number of carbonyl (C=O) groups is 4. The molecule has 1 aliphatic heterocycles. The molecule has 1 aromatic rings. The van der Waals surface area contributed by atoms with Gasteiger partial charge in [-0.05, 0) is 37.1 Å². The molecule has 1 spiro atoms. The van der Waals surface area contributed by atoms with E-state index in [1.165, 1.54) is 24.3 Å². The summed E-state index contributed by atoms with van der Waals surface area (Å²) in [5.41, 5.74) is 1.20. The predicted octanol–water partition coefficient (Wildman–Crippen LogP) is 1.03. The van der Waals surface area contributed by atoms with Gasteiger partial charge < -0.3 is 14.8 Å². The Morgan fingerprint density at radius 1 is 1.11 bits per heavy atom. The van der Waals surface area contributed by atoms with Crippen molar-refractivity contribution in [1.82, 2.24) is 15.8 Å². The molecule has 2 fully saturated rings. The van der Waals surface area contributed by atoms with Crippen molar-refractivity contribution in [1.29, 1.82) is 0 Å². The van der Waals surface area contributed by atoms with Crippen molar-refractivity contribution in [3.8, 4) is 5.75 Å². The van der Waals surface area contributed by atoms with Gasteiger partial charge in [0, 0.05) is 0 Å². The van der Waals surface area contributed by atoms with Crippen molar-refractivity contribution < 1.29 is 33.0 Å². The lowest BCUT2D eigenvalue weighted by atomic mass is 9.82. The monoisotopic (exact) mass is 393 g/mol. The van der Waals surface area contributed by atoms with Gasteiger partial charge >= 0.3 is 12.0 Å². The molecule has 2 N–H and O–H groups in total. The van der Waals surface area contributed by atoms with Crippen LogP contribution in [-0.4, -0.2) is 47.6 Å². The van der Waals surface area contributed by atoms with E-state index in [4.69, 9.17) is 9.47 Å². The van der Waals surface area contributed by atoms with E-state index in [1.807, 2.05) is 0 Å². The van der Waals surface area contributed by atoms with Gasteiger partial charge in [0.15, 0.2) is 13.2 Å². The van der Waals surface area contributed by atoms with Crippen LogP contribution in [0.2, 0.25) is 0 Å². The van der Waals surface area contributed by atoms with Crippen molar-refractivity contribution in [3.05, 3.63) is 30.1 Å². The van der Waals surface area contributed by atoms with Gasteiger partial charge in [-0.15, -0.1) is 0 Å². The summed E-state index contributed by atoms with van der Waals surface area (Å²) in [4.78, 5) is 48.1. The Bertz CT molecular complexity index is 776. The number of urea groups is 1. The van der Waals surface area contributed by atoms with Crippen LogP contribution in [0.4, 0.5) is 9.18 Å². The maximum atomic E-state index is 12.8. The molecular formula is C18H20FN3O6. The number of hydrogen-bond donors (Lipinski definition) is 2. The van der Waals surface area contributed by atoms with E-state index in [0.29, 0.717) is 17.9 Å². The summed E-state index contributed by atoms with van der Waals surface area (Å²) >= 11 is 0. The molecule has 1 saturated carbocycles. The van der Waals surface area contributed by atoms with Crippen LogP contribution in [0.3, 0.4) is 0 Å². The Hall–Kier alpha value is -3.17. The van der Waals surface area contributed by atoms with Crippen LogP contribution in [-0.2, 0) is 19.1 Å². The summed E-state index contributed by atoms with van der Waals surface area (Å²) in [6, 6.07) is 4.32. The number of carbonyl (C=O) groups excluding carboxylic acids is 4. The third-order valence-corrected chi connectivity index (χ3v) is 4.64.